The standard InChI is InChI=1S/C17H24N4OS.HI/c1-12-5-7-15(8-6-12)22-13(2)9-20-17(18-4)21-11-16-19-10-14(3)23-16;/h5-8,10,13H,9,11H2,1-4H3,(H2,18,20,21);1H. The minimum atomic E-state index is 0. The topological polar surface area (TPSA) is 58.5 Å². The molecule has 1 atom stereocenters. The number of aryl methyl sites for hydroxylation is 2. The molecule has 1 aromatic carbocycles. The predicted octanol–water partition coefficient (Wildman–Crippen LogP) is 3.51. The van der Waals surface area contributed by atoms with Gasteiger partial charge in [0, 0.05) is 18.1 Å². The lowest BCUT2D eigenvalue weighted by atomic mass is 10.2. The van der Waals surface area contributed by atoms with E-state index in [0.29, 0.717) is 13.1 Å². The van der Waals surface area contributed by atoms with Crippen LogP contribution < -0.4 is 15.4 Å². The van der Waals surface area contributed by atoms with E-state index in [1.807, 2.05) is 37.4 Å². The monoisotopic (exact) mass is 460 g/mol. The maximum atomic E-state index is 5.87. The molecule has 0 aliphatic heterocycles. The van der Waals surface area contributed by atoms with Crippen LogP contribution in [0.3, 0.4) is 0 Å². The van der Waals surface area contributed by atoms with Gasteiger partial charge in [0.15, 0.2) is 5.96 Å². The molecule has 0 amide bonds. The molecule has 2 N–H and O–H groups in total. The zero-order valence-corrected chi connectivity index (χ0v) is 17.6. The highest BCUT2D eigenvalue weighted by Gasteiger charge is 2.06. The zero-order chi connectivity index (χ0) is 16.7. The van der Waals surface area contributed by atoms with Crippen molar-refractivity contribution in [2.75, 3.05) is 13.6 Å². The zero-order valence-electron chi connectivity index (χ0n) is 14.5. The second-order valence-corrected chi connectivity index (χ2v) is 6.73. The highest BCUT2D eigenvalue weighted by molar-refractivity contribution is 14.0. The van der Waals surface area contributed by atoms with E-state index in [-0.39, 0.29) is 30.1 Å². The van der Waals surface area contributed by atoms with E-state index in [1.54, 1.807) is 18.4 Å². The Balaban J connectivity index is 0.00000288. The molecule has 0 aliphatic carbocycles. The van der Waals surface area contributed by atoms with E-state index in [4.69, 9.17) is 4.74 Å². The highest BCUT2D eigenvalue weighted by Crippen LogP contribution is 2.13. The maximum absolute atomic E-state index is 5.87. The van der Waals surface area contributed by atoms with Gasteiger partial charge in [0.2, 0.25) is 0 Å². The minimum absolute atomic E-state index is 0. The number of hydrogen-bond acceptors (Lipinski definition) is 4. The molecular formula is C17H25IN4OS. The molecule has 1 heterocycles. The summed E-state index contributed by atoms with van der Waals surface area (Å²) in [5.41, 5.74) is 1.23. The normalized spacial score (nSPS) is 12.2. The van der Waals surface area contributed by atoms with Crippen LogP contribution in [-0.2, 0) is 6.54 Å². The number of guanidine groups is 1. The summed E-state index contributed by atoms with van der Waals surface area (Å²) < 4.78 is 5.87. The second kappa shape index (κ2) is 10.5. The van der Waals surface area contributed by atoms with Crippen molar-refractivity contribution in [2.45, 2.75) is 33.4 Å². The number of hydrogen-bond donors (Lipinski definition) is 2. The Morgan fingerprint density at radius 1 is 1.25 bits per heavy atom. The van der Waals surface area contributed by atoms with Crippen molar-refractivity contribution < 1.29 is 4.74 Å². The fourth-order valence-electron chi connectivity index (χ4n) is 1.99. The number of thiazole rings is 1. The van der Waals surface area contributed by atoms with E-state index in [9.17, 15) is 0 Å². The third-order valence-electron chi connectivity index (χ3n) is 3.22. The molecule has 0 radical (unpaired) electrons. The molecule has 1 unspecified atom stereocenters. The number of rotatable bonds is 6. The van der Waals surface area contributed by atoms with Crippen LogP contribution >= 0.6 is 35.3 Å². The summed E-state index contributed by atoms with van der Waals surface area (Å²) >= 11 is 1.69. The number of nitrogens with one attached hydrogen (secondary N) is 2. The van der Waals surface area contributed by atoms with E-state index in [2.05, 4.69) is 34.5 Å². The van der Waals surface area contributed by atoms with Crippen LogP contribution in [-0.4, -0.2) is 30.6 Å². The van der Waals surface area contributed by atoms with Crippen molar-refractivity contribution in [3.8, 4) is 5.75 Å². The van der Waals surface area contributed by atoms with Crippen LogP contribution in [0.2, 0.25) is 0 Å². The molecule has 7 heteroatoms. The average molecular weight is 460 g/mol. The Kier molecular flexibility index (Phi) is 9.05. The molecule has 0 saturated heterocycles. The molecule has 0 aliphatic rings. The van der Waals surface area contributed by atoms with Crippen LogP contribution in [0.15, 0.2) is 35.5 Å². The average Bonchev–Trinajstić information content (AvgIpc) is 2.95. The molecule has 24 heavy (non-hydrogen) atoms. The van der Waals surface area contributed by atoms with Crippen LogP contribution in [0.1, 0.15) is 22.4 Å². The first-order valence-corrected chi connectivity index (χ1v) is 8.47. The minimum Gasteiger partial charge on any atom is -0.489 e. The Morgan fingerprint density at radius 2 is 1.96 bits per heavy atom. The van der Waals surface area contributed by atoms with Crippen LogP contribution in [0.4, 0.5) is 0 Å². The molecule has 132 valence electrons. The Bertz CT molecular complexity index is 642. The number of aromatic nitrogens is 1. The predicted molar refractivity (Wildman–Crippen MR) is 112 cm³/mol. The fraction of sp³-hybridized carbons (Fsp3) is 0.412. The van der Waals surface area contributed by atoms with Gasteiger partial charge in [-0.05, 0) is 32.9 Å². The van der Waals surface area contributed by atoms with Crippen LogP contribution in [0, 0.1) is 13.8 Å². The molecule has 0 saturated carbocycles. The summed E-state index contributed by atoms with van der Waals surface area (Å²) in [7, 11) is 1.76. The molecule has 2 rings (SSSR count). The van der Waals surface area contributed by atoms with E-state index >= 15 is 0 Å². The lowest BCUT2D eigenvalue weighted by molar-refractivity contribution is 0.224. The number of nitrogens with zero attached hydrogens (tertiary/aromatic N) is 2. The summed E-state index contributed by atoms with van der Waals surface area (Å²) in [6.07, 6.45) is 1.92. The quantitative estimate of drug-likeness (QED) is 0.394. The largest absolute Gasteiger partial charge is 0.489 e. The van der Waals surface area contributed by atoms with E-state index < -0.39 is 0 Å². The van der Waals surface area contributed by atoms with E-state index in [1.165, 1.54) is 10.4 Å². The Labute approximate surface area is 165 Å². The second-order valence-electron chi connectivity index (χ2n) is 5.41. The molecule has 0 spiro atoms. The van der Waals surface area contributed by atoms with Crippen molar-refractivity contribution in [3.05, 3.63) is 45.9 Å². The maximum Gasteiger partial charge on any atom is 0.191 e. The first kappa shape index (κ1) is 20.7. The molecule has 0 bridgehead atoms. The van der Waals surface area contributed by atoms with Gasteiger partial charge in [0.05, 0.1) is 13.1 Å². The molecule has 2 aromatic rings. The summed E-state index contributed by atoms with van der Waals surface area (Å²) in [6, 6.07) is 8.07. The van der Waals surface area contributed by atoms with Crippen LogP contribution in [0.5, 0.6) is 5.75 Å². The van der Waals surface area contributed by atoms with Crippen molar-refractivity contribution in [1.29, 1.82) is 0 Å². The van der Waals surface area contributed by atoms with E-state index in [0.717, 1.165) is 16.7 Å². The van der Waals surface area contributed by atoms with Gasteiger partial charge in [0.25, 0.3) is 0 Å². The number of benzene rings is 1. The van der Waals surface area contributed by atoms with Crippen molar-refractivity contribution in [1.82, 2.24) is 15.6 Å². The van der Waals surface area contributed by atoms with Gasteiger partial charge in [-0.3, -0.25) is 4.99 Å². The number of ether oxygens (including phenoxy) is 1. The van der Waals surface area contributed by atoms with Crippen LogP contribution in [0.25, 0.3) is 0 Å². The third-order valence-corrected chi connectivity index (χ3v) is 4.13. The first-order chi connectivity index (χ1) is 11.1. The molecule has 0 fully saturated rings. The number of halogens is 1. The summed E-state index contributed by atoms with van der Waals surface area (Å²) in [4.78, 5) is 9.76. The van der Waals surface area contributed by atoms with Gasteiger partial charge in [-0.2, -0.15) is 0 Å². The van der Waals surface area contributed by atoms with Gasteiger partial charge >= 0.3 is 0 Å². The third kappa shape index (κ3) is 7.04. The van der Waals surface area contributed by atoms with Gasteiger partial charge in [0.1, 0.15) is 16.9 Å². The smallest absolute Gasteiger partial charge is 0.191 e. The summed E-state index contributed by atoms with van der Waals surface area (Å²) in [5.74, 6) is 1.63. The van der Waals surface area contributed by atoms with Crippen molar-refractivity contribution in [3.63, 3.8) is 0 Å². The highest BCUT2D eigenvalue weighted by atomic mass is 127. The Hall–Kier alpha value is -1.35. The molecular weight excluding hydrogens is 435 g/mol. The van der Waals surface area contributed by atoms with Gasteiger partial charge in [-0.1, -0.05) is 17.7 Å². The van der Waals surface area contributed by atoms with Crippen molar-refractivity contribution in [2.24, 2.45) is 4.99 Å². The molecule has 1 aromatic heterocycles. The van der Waals surface area contributed by atoms with Crippen molar-refractivity contribution >= 4 is 41.3 Å². The Morgan fingerprint density at radius 3 is 2.54 bits per heavy atom. The SMILES string of the molecule is CN=C(NCc1ncc(C)s1)NCC(C)Oc1ccc(C)cc1.I. The fourth-order valence-corrected chi connectivity index (χ4v) is 2.72. The first-order valence-electron chi connectivity index (χ1n) is 7.66. The molecule has 5 nitrogen and oxygen atoms in total. The van der Waals surface area contributed by atoms with Gasteiger partial charge in [-0.25, -0.2) is 4.98 Å². The lowest BCUT2D eigenvalue weighted by Crippen LogP contribution is -2.41. The van der Waals surface area contributed by atoms with Gasteiger partial charge < -0.3 is 15.4 Å². The number of aliphatic imine (C=N–C) groups is 1. The van der Waals surface area contributed by atoms with Gasteiger partial charge in [-0.15, -0.1) is 35.3 Å². The summed E-state index contributed by atoms with van der Waals surface area (Å²) in [5, 5.41) is 7.58. The lowest BCUT2D eigenvalue weighted by Gasteiger charge is -2.17. The summed E-state index contributed by atoms with van der Waals surface area (Å²) in [6.45, 7) is 7.49.